The molecule has 1 rings (SSSR count). The molecule has 0 N–H and O–H groups in total. The highest BCUT2D eigenvalue weighted by Crippen LogP contribution is 2.22. The van der Waals surface area contributed by atoms with Gasteiger partial charge in [-0.25, -0.2) is 12.8 Å². The molecular formula is C8H5ClFNO2S. The minimum atomic E-state index is -3.93. The van der Waals surface area contributed by atoms with Gasteiger partial charge < -0.3 is 0 Å². The van der Waals surface area contributed by atoms with Crippen LogP contribution in [0.5, 0.6) is 0 Å². The van der Waals surface area contributed by atoms with E-state index in [0.717, 1.165) is 12.1 Å². The molecule has 0 atom stereocenters. The number of benzene rings is 1. The Morgan fingerprint density at radius 3 is 2.50 bits per heavy atom. The van der Waals surface area contributed by atoms with Gasteiger partial charge in [0.05, 0.1) is 10.5 Å². The van der Waals surface area contributed by atoms with Crippen LogP contribution >= 0.6 is 10.7 Å². The summed E-state index contributed by atoms with van der Waals surface area (Å²) in [6.45, 7) is 1.40. The maximum atomic E-state index is 13.0. The van der Waals surface area contributed by atoms with E-state index in [0.29, 0.717) is 0 Å². The molecule has 1 aromatic rings. The van der Waals surface area contributed by atoms with E-state index in [2.05, 4.69) is 0 Å². The van der Waals surface area contributed by atoms with Gasteiger partial charge in [0.25, 0.3) is 9.05 Å². The number of hydrogen-bond donors (Lipinski definition) is 0. The predicted molar refractivity (Wildman–Crippen MR) is 48.9 cm³/mol. The first-order chi connectivity index (χ1) is 6.36. The third-order valence-electron chi connectivity index (χ3n) is 1.65. The van der Waals surface area contributed by atoms with Crippen LogP contribution in [0.4, 0.5) is 4.39 Å². The Hall–Kier alpha value is -1.12. The maximum Gasteiger partial charge on any atom is 0.261 e. The van der Waals surface area contributed by atoms with Gasteiger partial charge in [-0.3, -0.25) is 0 Å². The fourth-order valence-electron chi connectivity index (χ4n) is 1.00. The van der Waals surface area contributed by atoms with Gasteiger partial charge in [0, 0.05) is 10.7 Å². The van der Waals surface area contributed by atoms with Crippen molar-refractivity contribution in [2.45, 2.75) is 11.8 Å². The summed E-state index contributed by atoms with van der Waals surface area (Å²) in [6.07, 6.45) is 0. The summed E-state index contributed by atoms with van der Waals surface area (Å²) in [5.74, 6) is -0.755. The Balaban J connectivity index is 3.58. The van der Waals surface area contributed by atoms with Gasteiger partial charge in [-0.05, 0) is 24.6 Å². The summed E-state index contributed by atoms with van der Waals surface area (Å²) in [6, 6.07) is 3.43. The summed E-state index contributed by atoms with van der Waals surface area (Å²) in [5, 5.41) is 8.47. The molecule has 3 nitrogen and oxygen atoms in total. The van der Waals surface area contributed by atoms with Crippen molar-refractivity contribution in [2.75, 3.05) is 0 Å². The summed E-state index contributed by atoms with van der Waals surface area (Å²) >= 11 is 0. The van der Waals surface area contributed by atoms with E-state index >= 15 is 0 Å². The number of halogens is 2. The number of rotatable bonds is 1. The van der Waals surface area contributed by atoms with Gasteiger partial charge in [0.1, 0.15) is 11.9 Å². The van der Waals surface area contributed by atoms with Crippen LogP contribution in [0.25, 0.3) is 0 Å². The van der Waals surface area contributed by atoms with Gasteiger partial charge >= 0.3 is 0 Å². The first kappa shape index (κ1) is 11.0. The standard InChI is InChI=1S/C8H5ClFNO2S/c1-5-2-7(10)6(4-11)3-8(5)14(9,12)13/h2-3H,1H3. The fraction of sp³-hybridized carbons (Fsp3) is 0.125. The van der Waals surface area contributed by atoms with Crippen LogP contribution in [-0.2, 0) is 9.05 Å². The first-order valence-corrected chi connectivity index (χ1v) is 5.82. The van der Waals surface area contributed by atoms with Crippen molar-refractivity contribution in [3.8, 4) is 6.07 Å². The lowest BCUT2D eigenvalue weighted by atomic mass is 10.1. The van der Waals surface area contributed by atoms with Crippen molar-refractivity contribution in [3.05, 3.63) is 29.1 Å². The molecule has 0 aliphatic heterocycles. The zero-order chi connectivity index (χ0) is 10.9. The van der Waals surface area contributed by atoms with Crippen molar-refractivity contribution in [3.63, 3.8) is 0 Å². The Kier molecular flexibility index (Phi) is 2.79. The number of nitriles is 1. The molecule has 0 amide bonds. The number of nitrogens with zero attached hydrogens (tertiary/aromatic N) is 1. The Bertz CT molecular complexity index is 519. The maximum absolute atomic E-state index is 13.0. The van der Waals surface area contributed by atoms with Crippen LogP contribution in [0.1, 0.15) is 11.1 Å². The second-order valence-corrected chi connectivity index (χ2v) is 5.18. The molecule has 14 heavy (non-hydrogen) atoms. The van der Waals surface area contributed by atoms with Crippen molar-refractivity contribution < 1.29 is 12.8 Å². The number of hydrogen-bond acceptors (Lipinski definition) is 3. The molecule has 0 unspecified atom stereocenters. The van der Waals surface area contributed by atoms with Gasteiger partial charge in [-0.1, -0.05) is 0 Å². The van der Waals surface area contributed by atoms with Gasteiger partial charge in [-0.2, -0.15) is 5.26 Å². The smallest absolute Gasteiger partial charge is 0.207 e. The van der Waals surface area contributed by atoms with Crippen molar-refractivity contribution >= 4 is 19.7 Å². The zero-order valence-corrected chi connectivity index (χ0v) is 8.66. The second-order valence-electron chi connectivity index (χ2n) is 2.65. The normalized spacial score (nSPS) is 11.0. The molecule has 1 aromatic carbocycles. The van der Waals surface area contributed by atoms with E-state index in [4.69, 9.17) is 15.9 Å². The monoisotopic (exact) mass is 233 g/mol. The molecule has 74 valence electrons. The summed E-state index contributed by atoms with van der Waals surface area (Å²) in [5.41, 5.74) is -0.161. The largest absolute Gasteiger partial charge is 0.261 e. The molecule has 0 radical (unpaired) electrons. The summed E-state index contributed by atoms with van der Waals surface area (Å²) in [4.78, 5) is -0.239. The van der Waals surface area contributed by atoms with Crippen LogP contribution in [0.15, 0.2) is 17.0 Å². The molecule has 0 heterocycles. The first-order valence-electron chi connectivity index (χ1n) is 3.51. The molecule has 0 aliphatic carbocycles. The van der Waals surface area contributed by atoms with Crippen molar-refractivity contribution in [1.82, 2.24) is 0 Å². The molecule has 0 saturated heterocycles. The molecule has 0 spiro atoms. The highest BCUT2D eigenvalue weighted by atomic mass is 35.7. The SMILES string of the molecule is Cc1cc(F)c(C#N)cc1S(=O)(=O)Cl. The Morgan fingerprint density at radius 1 is 1.50 bits per heavy atom. The third-order valence-corrected chi connectivity index (χ3v) is 3.11. The van der Waals surface area contributed by atoms with Crippen LogP contribution in [0, 0.1) is 24.1 Å². The minimum absolute atomic E-state index is 0.177. The minimum Gasteiger partial charge on any atom is -0.207 e. The highest BCUT2D eigenvalue weighted by Gasteiger charge is 2.16. The molecular weight excluding hydrogens is 229 g/mol. The van der Waals surface area contributed by atoms with Crippen LogP contribution in [0.3, 0.4) is 0 Å². The highest BCUT2D eigenvalue weighted by molar-refractivity contribution is 8.13. The molecule has 0 bridgehead atoms. The van der Waals surface area contributed by atoms with Crippen molar-refractivity contribution in [2.24, 2.45) is 0 Å². The summed E-state index contributed by atoms with van der Waals surface area (Å²) < 4.78 is 34.9. The van der Waals surface area contributed by atoms with E-state index in [1.54, 1.807) is 0 Å². The third kappa shape index (κ3) is 2.03. The molecule has 0 aliphatic rings. The molecule has 0 fully saturated rings. The lowest BCUT2D eigenvalue weighted by Gasteiger charge is -2.02. The van der Waals surface area contributed by atoms with E-state index in [1.807, 2.05) is 0 Å². The quantitative estimate of drug-likeness (QED) is 0.697. The average Bonchev–Trinajstić information content (AvgIpc) is 2.02. The van der Waals surface area contributed by atoms with Gasteiger partial charge in [0.15, 0.2) is 0 Å². The van der Waals surface area contributed by atoms with Crippen LogP contribution in [0.2, 0.25) is 0 Å². The van der Waals surface area contributed by atoms with E-state index in [-0.39, 0.29) is 16.0 Å². The molecule has 0 saturated carbocycles. The molecule has 6 heteroatoms. The van der Waals surface area contributed by atoms with Gasteiger partial charge in [-0.15, -0.1) is 0 Å². The van der Waals surface area contributed by atoms with E-state index in [9.17, 15) is 12.8 Å². The lowest BCUT2D eigenvalue weighted by molar-refractivity contribution is 0.605. The topological polar surface area (TPSA) is 57.9 Å². The fourth-order valence-corrected chi connectivity index (χ4v) is 2.20. The predicted octanol–water partition coefficient (Wildman–Crippen LogP) is 1.93. The Morgan fingerprint density at radius 2 is 2.07 bits per heavy atom. The number of aryl methyl sites for hydroxylation is 1. The van der Waals surface area contributed by atoms with E-state index in [1.165, 1.54) is 13.0 Å². The van der Waals surface area contributed by atoms with E-state index < -0.39 is 14.9 Å². The second kappa shape index (κ2) is 3.56. The lowest BCUT2D eigenvalue weighted by Crippen LogP contribution is -1.97. The Labute approximate surface area is 85.2 Å². The molecule has 0 aromatic heterocycles. The van der Waals surface area contributed by atoms with Crippen LogP contribution in [-0.4, -0.2) is 8.42 Å². The zero-order valence-electron chi connectivity index (χ0n) is 7.08. The van der Waals surface area contributed by atoms with Crippen LogP contribution < -0.4 is 0 Å². The van der Waals surface area contributed by atoms with Crippen molar-refractivity contribution in [1.29, 1.82) is 5.26 Å². The van der Waals surface area contributed by atoms with Gasteiger partial charge in [0.2, 0.25) is 0 Å². The average molecular weight is 234 g/mol. The summed E-state index contributed by atoms with van der Waals surface area (Å²) in [7, 11) is 1.16.